The quantitative estimate of drug-likeness (QED) is 0.555. The van der Waals surface area contributed by atoms with E-state index in [4.69, 9.17) is 14.2 Å². The van der Waals surface area contributed by atoms with Gasteiger partial charge in [-0.15, -0.1) is 0 Å². The van der Waals surface area contributed by atoms with Crippen molar-refractivity contribution in [2.75, 3.05) is 6.61 Å². The molecule has 0 aliphatic heterocycles. The smallest absolute Gasteiger partial charge is 0.349 e. The number of rotatable bonds is 9. The van der Waals surface area contributed by atoms with Crippen molar-refractivity contribution in [3.8, 4) is 11.5 Å². The molecule has 0 aromatic heterocycles. The van der Waals surface area contributed by atoms with Crippen LogP contribution in [0.1, 0.15) is 45.2 Å². The van der Waals surface area contributed by atoms with Crippen LogP contribution in [0.2, 0.25) is 0 Å². The SMILES string of the molecule is CC/C=C/c1ccc(OCc2ccccc2)cc1OC(C)(C)C(=O)OCC. The number of carbonyl (C=O) groups excluding carboxylic acids is 1. The van der Waals surface area contributed by atoms with Crippen molar-refractivity contribution < 1.29 is 19.0 Å². The molecule has 0 N–H and O–H groups in total. The van der Waals surface area contributed by atoms with Gasteiger partial charge in [-0.2, -0.15) is 0 Å². The zero-order valence-corrected chi connectivity index (χ0v) is 16.5. The van der Waals surface area contributed by atoms with Gasteiger partial charge in [-0.3, -0.25) is 0 Å². The van der Waals surface area contributed by atoms with Crippen molar-refractivity contribution in [2.24, 2.45) is 0 Å². The van der Waals surface area contributed by atoms with Crippen molar-refractivity contribution in [3.63, 3.8) is 0 Å². The highest BCUT2D eigenvalue weighted by Gasteiger charge is 2.32. The first-order valence-corrected chi connectivity index (χ1v) is 9.29. The van der Waals surface area contributed by atoms with Crippen LogP contribution in [0, 0.1) is 0 Å². The summed E-state index contributed by atoms with van der Waals surface area (Å²) in [6, 6.07) is 15.6. The molecule has 27 heavy (non-hydrogen) atoms. The molecule has 0 aliphatic carbocycles. The number of hydrogen-bond acceptors (Lipinski definition) is 4. The van der Waals surface area contributed by atoms with Gasteiger partial charge in [-0.25, -0.2) is 4.79 Å². The molecule has 0 fully saturated rings. The predicted octanol–water partition coefficient (Wildman–Crippen LogP) is 5.41. The lowest BCUT2D eigenvalue weighted by atomic mass is 10.1. The zero-order valence-electron chi connectivity index (χ0n) is 16.5. The first-order valence-electron chi connectivity index (χ1n) is 9.29. The Labute approximate surface area is 161 Å². The second-order valence-corrected chi connectivity index (χ2v) is 6.62. The molecule has 2 aromatic rings. The summed E-state index contributed by atoms with van der Waals surface area (Å²) in [5.41, 5.74) is 0.881. The van der Waals surface area contributed by atoms with Crippen LogP contribution < -0.4 is 9.47 Å². The Kier molecular flexibility index (Phi) is 7.47. The molecule has 0 saturated heterocycles. The van der Waals surface area contributed by atoms with Crippen molar-refractivity contribution in [1.29, 1.82) is 0 Å². The van der Waals surface area contributed by atoms with Crippen LogP contribution in [-0.4, -0.2) is 18.2 Å². The normalized spacial score (nSPS) is 11.4. The molecule has 0 bridgehead atoms. The predicted molar refractivity (Wildman–Crippen MR) is 108 cm³/mol. The maximum atomic E-state index is 12.2. The molecule has 0 radical (unpaired) electrons. The topological polar surface area (TPSA) is 44.8 Å². The standard InChI is InChI=1S/C23H28O4/c1-5-7-13-19-14-15-20(26-17-18-11-9-8-10-12-18)16-21(19)27-23(3,4)22(24)25-6-2/h7-16H,5-6,17H2,1-4H3/b13-7+. The van der Waals surface area contributed by atoms with Crippen molar-refractivity contribution in [1.82, 2.24) is 0 Å². The minimum absolute atomic E-state index is 0.314. The molecule has 0 aliphatic rings. The van der Waals surface area contributed by atoms with Crippen LogP contribution in [0.5, 0.6) is 11.5 Å². The lowest BCUT2D eigenvalue weighted by Crippen LogP contribution is -2.39. The molecule has 0 amide bonds. The molecular formula is C23H28O4. The van der Waals surface area contributed by atoms with Crippen molar-refractivity contribution in [3.05, 3.63) is 65.7 Å². The summed E-state index contributed by atoms with van der Waals surface area (Å²) in [7, 11) is 0. The largest absolute Gasteiger partial charge is 0.489 e. The number of allylic oxidation sites excluding steroid dienone is 1. The minimum Gasteiger partial charge on any atom is -0.489 e. The van der Waals surface area contributed by atoms with Crippen LogP contribution in [-0.2, 0) is 16.1 Å². The van der Waals surface area contributed by atoms with E-state index >= 15 is 0 Å². The molecule has 2 rings (SSSR count). The summed E-state index contributed by atoms with van der Waals surface area (Å²) >= 11 is 0. The summed E-state index contributed by atoms with van der Waals surface area (Å²) < 4.78 is 17.0. The van der Waals surface area contributed by atoms with E-state index in [2.05, 4.69) is 6.92 Å². The third-order valence-electron chi connectivity index (χ3n) is 3.90. The number of benzene rings is 2. The van der Waals surface area contributed by atoms with Gasteiger partial charge in [0.05, 0.1) is 6.61 Å². The van der Waals surface area contributed by atoms with Crippen LogP contribution in [0.4, 0.5) is 0 Å². The fraction of sp³-hybridized carbons (Fsp3) is 0.348. The van der Waals surface area contributed by atoms with Crippen molar-refractivity contribution in [2.45, 2.75) is 46.3 Å². The molecular weight excluding hydrogens is 340 g/mol. The fourth-order valence-electron chi connectivity index (χ4n) is 2.44. The first kappa shape index (κ1) is 20.6. The second-order valence-electron chi connectivity index (χ2n) is 6.62. The van der Waals surface area contributed by atoms with Gasteiger partial charge in [0.1, 0.15) is 18.1 Å². The average Bonchev–Trinajstić information content (AvgIpc) is 2.66. The maximum Gasteiger partial charge on any atom is 0.349 e. The van der Waals surface area contributed by atoms with Crippen LogP contribution >= 0.6 is 0 Å². The van der Waals surface area contributed by atoms with E-state index in [1.807, 2.05) is 60.7 Å². The number of esters is 1. The summed E-state index contributed by atoms with van der Waals surface area (Å²) in [5, 5.41) is 0. The summed E-state index contributed by atoms with van der Waals surface area (Å²) in [6.07, 6.45) is 4.94. The van der Waals surface area contributed by atoms with Gasteiger partial charge in [-0.1, -0.05) is 49.4 Å². The monoisotopic (exact) mass is 368 g/mol. The molecule has 0 heterocycles. The molecule has 2 aromatic carbocycles. The van der Waals surface area contributed by atoms with Crippen LogP contribution in [0.15, 0.2) is 54.6 Å². The van der Waals surface area contributed by atoms with E-state index in [0.29, 0.717) is 24.7 Å². The molecule has 4 nitrogen and oxygen atoms in total. The van der Waals surface area contributed by atoms with Crippen LogP contribution in [0.25, 0.3) is 6.08 Å². The Morgan fingerprint density at radius 1 is 1.07 bits per heavy atom. The van der Waals surface area contributed by atoms with E-state index in [1.54, 1.807) is 20.8 Å². The fourth-order valence-corrected chi connectivity index (χ4v) is 2.44. The lowest BCUT2D eigenvalue weighted by molar-refractivity contribution is -0.158. The summed E-state index contributed by atoms with van der Waals surface area (Å²) in [6.45, 7) is 8.03. The third-order valence-corrected chi connectivity index (χ3v) is 3.90. The van der Waals surface area contributed by atoms with E-state index in [0.717, 1.165) is 17.5 Å². The molecule has 0 atom stereocenters. The highest BCUT2D eigenvalue weighted by Crippen LogP contribution is 2.30. The lowest BCUT2D eigenvalue weighted by Gasteiger charge is -2.25. The van der Waals surface area contributed by atoms with Gasteiger partial charge in [0, 0.05) is 11.6 Å². The molecule has 4 heteroatoms. The molecule has 144 valence electrons. The molecule has 0 spiro atoms. The Bertz CT molecular complexity index is 763. The van der Waals surface area contributed by atoms with Gasteiger partial charge >= 0.3 is 5.97 Å². The summed E-state index contributed by atoms with van der Waals surface area (Å²) in [5.74, 6) is 0.872. The Morgan fingerprint density at radius 2 is 1.81 bits per heavy atom. The number of ether oxygens (including phenoxy) is 3. The minimum atomic E-state index is -1.09. The first-order chi connectivity index (χ1) is 13.0. The zero-order chi connectivity index (χ0) is 19.7. The Balaban J connectivity index is 2.22. The van der Waals surface area contributed by atoms with Gasteiger partial charge in [0.15, 0.2) is 5.60 Å². The van der Waals surface area contributed by atoms with E-state index in [-0.39, 0.29) is 0 Å². The molecule has 0 unspecified atom stereocenters. The third kappa shape index (κ3) is 6.17. The maximum absolute atomic E-state index is 12.2. The average molecular weight is 368 g/mol. The van der Waals surface area contributed by atoms with Crippen molar-refractivity contribution >= 4 is 12.0 Å². The number of carbonyl (C=O) groups is 1. The van der Waals surface area contributed by atoms with E-state index < -0.39 is 11.6 Å². The highest BCUT2D eigenvalue weighted by atomic mass is 16.6. The highest BCUT2D eigenvalue weighted by molar-refractivity contribution is 5.79. The van der Waals surface area contributed by atoms with E-state index in [1.165, 1.54) is 0 Å². The van der Waals surface area contributed by atoms with Gasteiger partial charge < -0.3 is 14.2 Å². The second kappa shape index (κ2) is 9.81. The van der Waals surface area contributed by atoms with E-state index in [9.17, 15) is 4.79 Å². The molecule has 0 saturated carbocycles. The summed E-state index contributed by atoms with van der Waals surface area (Å²) in [4.78, 5) is 12.2. The Morgan fingerprint density at radius 3 is 2.48 bits per heavy atom. The van der Waals surface area contributed by atoms with Gasteiger partial charge in [0.25, 0.3) is 0 Å². The van der Waals surface area contributed by atoms with Crippen LogP contribution in [0.3, 0.4) is 0 Å². The number of hydrogen-bond donors (Lipinski definition) is 0. The van der Waals surface area contributed by atoms with Gasteiger partial charge in [0.2, 0.25) is 0 Å². The van der Waals surface area contributed by atoms with Gasteiger partial charge in [-0.05, 0) is 44.9 Å². The Hall–Kier alpha value is -2.75.